The average Bonchev–Trinajstić information content (AvgIpc) is 2.61. The lowest BCUT2D eigenvalue weighted by atomic mass is 10.1. The number of halogens is 1. The van der Waals surface area contributed by atoms with Gasteiger partial charge in [-0.25, -0.2) is 0 Å². The third-order valence-corrected chi connectivity index (χ3v) is 3.72. The number of hydrogen-bond acceptors (Lipinski definition) is 3. The average molecular weight is 349 g/mol. The monoisotopic (exact) mass is 348 g/mol. The molecule has 0 aliphatic carbocycles. The zero-order chi connectivity index (χ0) is 16.5. The Hall–Kier alpha value is -1.88. The molecule has 0 saturated carbocycles. The summed E-state index contributed by atoms with van der Waals surface area (Å²) in [6, 6.07) is 19.7. The highest BCUT2D eigenvalue weighted by Crippen LogP contribution is 2.15. The van der Waals surface area contributed by atoms with Crippen LogP contribution in [0.25, 0.3) is 0 Å². The minimum Gasteiger partial charge on any atom is -0.374 e. The molecule has 0 aliphatic heterocycles. The van der Waals surface area contributed by atoms with Crippen LogP contribution in [0.2, 0.25) is 0 Å². The molecule has 0 spiro atoms. The third kappa shape index (κ3) is 6.32. The molecule has 0 aliphatic rings. The molecule has 0 saturated heterocycles. The zero-order valence-corrected chi connectivity index (χ0v) is 14.7. The van der Waals surface area contributed by atoms with Gasteiger partial charge >= 0.3 is 0 Å². The summed E-state index contributed by atoms with van der Waals surface area (Å²) in [6.07, 6.45) is 0. The maximum Gasteiger partial charge on any atom is 0.224 e. The molecule has 4 nitrogen and oxygen atoms in total. The molecule has 130 valence electrons. The molecule has 2 atom stereocenters. The number of nitrogens with two attached hydrogens (primary N) is 1. The summed E-state index contributed by atoms with van der Waals surface area (Å²) in [4.78, 5) is 12.1. The highest BCUT2D eigenvalue weighted by Gasteiger charge is 2.18. The van der Waals surface area contributed by atoms with E-state index in [4.69, 9.17) is 10.5 Å². The first-order valence-corrected chi connectivity index (χ1v) is 7.87. The second-order valence-corrected chi connectivity index (χ2v) is 5.61. The van der Waals surface area contributed by atoms with Crippen molar-refractivity contribution >= 4 is 18.3 Å². The Morgan fingerprint density at radius 2 is 1.67 bits per heavy atom. The van der Waals surface area contributed by atoms with Crippen molar-refractivity contribution in [2.75, 3.05) is 13.2 Å². The molecule has 2 aromatic rings. The Kier molecular flexibility index (Phi) is 9.08. The second-order valence-electron chi connectivity index (χ2n) is 5.61. The molecule has 0 heterocycles. The number of carbonyl (C=O) groups excluding carboxylic acids is 1. The lowest BCUT2D eigenvalue weighted by Crippen LogP contribution is -2.37. The summed E-state index contributed by atoms with van der Waals surface area (Å²) in [6.45, 7) is 3.09. The first-order chi connectivity index (χ1) is 11.2. The van der Waals surface area contributed by atoms with Crippen molar-refractivity contribution in [2.45, 2.75) is 19.6 Å². The van der Waals surface area contributed by atoms with Crippen molar-refractivity contribution in [2.24, 2.45) is 11.7 Å². The van der Waals surface area contributed by atoms with Gasteiger partial charge in [0.25, 0.3) is 0 Å². The van der Waals surface area contributed by atoms with E-state index in [0.717, 1.165) is 11.1 Å². The van der Waals surface area contributed by atoms with E-state index in [2.05, 4.69) is 5.32 Å². The number of benzene rings is 2. The van der Waals surface area contributed by atoms with E-state index in [9.17, 15) is 4.79 Å². The predicted octanol–water partition coefficient (Wildman–Crippen LogP) is 3.08. The normalized spacial score (nSPS) is 12.8. The maximum absolute atomic E-state index is 12.1. The van der Waals surface area contributed by atoms with Crippen LogP contribution in [-0.2, 0) is 16.1 Å². The van der Waals surface area contributed by atoms with Crippen molar-refractivity contribution in [1.82, 2.24) is 5.32 Å². The third-order valence-electron chi connectivity index (χ3n) is 3.72. The molecule has 1 amide bonds. The van der Waals surface area contributed by atoms with E-state index >= 15 is 0 Å². The van der Waals surface area contributed by atoms with E-state index in [0.29, 0.717) is 19.8 Å². The SMILES string of the molecule is CC(CN)C(=O)NC(COCc1ccccc1)c1ccccc1.Cl. The van der Waals surface area contributed by atoms with E-state index < -0.39 is 0 Å². The van der Waals surface area contributed by atoms with E-state index in [-0.39, 0.29) is 30.3 Å². The Labute approximate surface area is 149 Å². The molecular weight excluding hydrogens is 324 g/mol. The number of amides is 1. The van der Waals surface area contributed by atoms with Gasteiger partial charge in [0.05, 0.1) is 19.3 Å². The summed E-state index contributed by atoms with van der Waals surface area (Å²) in [7, 11) is 0. The molecule has 0 bridgehead atoms. The minimum absolute atomic E-state index is 0. The standard InChI is InChI=1S/C19H24N2O2.ClH/c1-15(12-20)19(22)21-18(17-10-6-3-7-11-17)14-23-13-16-8-4-2-5-9-16;/h2-11,15,18H,12-14,20H2,1H3,(H,21,22);1H. The van der Waals surface area contributed by atoms with Crippen molar-refractivity contribution in [1.29, 1.82) is 0 Å². The summed E-state index contributed by atoms with van der Waals surface area (Å²) < 4.78 is 5.80. The minimum atomic E-state index is -0.213. The fourth-order valence-electron chi connectivity index (χ4n) is 2.20. The van der Waals surface area contributed by atoms with Crippen molar-refractivity contribution in [3.8, 4) is 0 Å². The maximum atomic E-state index is 12.1. The van der Waals surface area contributed by atoms with Gasteiger partial charge in [-0.15, -0.1) is 12.4 Å². The molecular formula is C19H25ClN2O2. The summed E-state index contributed by atoms with van der Waals surface area (Å²) >= 11 is 0. The Bertz CT molecular complexity index is 593. The molecule has 3 N–H and O–H groups in total. The van der Waals surface area contributed by atoms with E-state index in [1.54, 1.807) is 0 Å². The lowest BCUT2D eigenvalue weighted by Gasteiger charge is -2.21. The van der Waals surface area contributed by atoms with Crippen LogP contribution in [0.1, 0.15) is 24.1 Å². The first-order valence-electron chi connectivity index (χ1n) is 7.87. The molecule has 5 heteroatoms. The van der Waals surface area contributed by atoms with Gasteiger partial charge in [-0.1, -0.05) is 67.6 Å². The van der Waals surface area contributed by atoms with Crippen LogP contribution in [0, 0.1) is 5.92 Å². The summed E-state index contributed by atoms with van der Waals surface area (Å²) in [5.41, 5.74) is 7.71. The predicted molar refractivity (Wildman–Crippen MR) is 98.9 cm³/mol. The van der Waals surface area contributed by atoms with Crippen molar-refractivity contribution < 1.29 is 9.53 Å². The van der Waals surface area contributed by atoms with Crippen LogP contribution < -0.4 is 11.1 Å². The highest BCUT2D eigenvalue weighted by atomic mass is 35.5. The first kappa shape index (κ1) is 20.2. The number of nitrogens with one attached hydrogen (secondary N) is 1. The molecule has 24 heavy (non-hydrogen) atoms. The molecule has 0 aromatic heterocycles. The fraction of sp³-hybridized carbons (Fsp3) is 0.316. The Morgan fingerprint density at radius 1 is 1.08 bits per heavy atom. The van der Waals surface area contributed by atoms with Gasteiger partial charge in [0.15, 0.2) is 0 Å². The number of carbonyl (C=O) groups is 1. The van der Waals surface area contributed by atoms with Crippen LogP contribution in [0.15, 0.2) is 60.7 Å². The number of hydrogen-bond donors (Lipinski definition) is 2. The molecule has 2 rings (SSSR count). The zero-order valence-electron chi connectivity index (χ0n) is 13.9. The van der Waals surface area contributed by atoms with Gasteiger partial charge in [-0.3, -0.25) is 4.79 Å². The van der Waals surface area contributed by atoms with Gasteiger partial charge in [0, 0.05) is 12.5 Å². The lowest BCUT2D eigenvalue weighted by molar-refractivity contribution is -0.125. The topological polar surface area (TPSA) is 64.4 Å². The molecule has 0 radical (unpaired) electrons. The van der Waals surface area contributed by atoms with Crippen molar-refractivity contribution in [3.63, 3.8) is 0 Å². The van der Waals surface area contributed by atoms with Gasteiger partial charge in [-0.2, -0.15) is 0 Å². The van der Waals surface area contributed by atoms with Crippen LogP contribution >= 0.6 is 12.4 Å². The van der Waals surface area contributed by atoms with Crippen LogP contribution in [0.4, 0.5) is 0 Å². The number of rotatable bonds is 8. The van der Waals surface area contributed by atoms with E-state index in [1.165, 1.54) is 0 Å². The largest absolute Gasteiger partial charge is 0.374 e. The van der Waals surface area contributed by atoms with Crippen molar-refractivity contribution in [3.05, 3.63) is 71.8 Å². The smallest absolute Gasteiger partial charge is 0.224 e. The van der Waals surface area contributed by atoms with Crippen LogP contribution in [-0.4, -0.2) is 19.1 Å². The molecule has 0 fully saturated rings. The van der Waals surface area contributed by atoms with E-state index in [1.807, 2.05) is 67.6 Å². The summed E-state index contributed by atoms with van der Waals surface area (Å²) in [5, 5.41) is 3.03. The van der Waals surface area contributed by atoms with Gasteiger partial charge in [0.1, 0.15) is 0 Å². The summed E-state index contributed by atoms with van der Waals surface area (Å²) in [5.74, 6) is -0.264. The van der Waals surface area contributed by atoms with Gasteiger partial charge in [-0.05, 0) is 11.1 Å². The quantitative estimate of drug-likeness (QED) is 0.770. The molecule has 2 unspecified atom stereocenters. The Balaban J connectivity index is 0.00000288. The van der Waals surface area contributed by atoms with Crippen LogP contribution in [0.3, 0.4) is 0 Å². The highest BCUT2D eigenvalue weighted by molar-refractivity contribution is 5.85. The van der Waals surface area contributed by atoms with Gasteiger partial charge < -0.3 is 15.8 Å². The van der Waals surface area contributed by atoms with Gasteiger partial charge in [0.2, 0.25) is 5.91 Å². The molecule has 2 aromatic carbocycles. The number of ether oxygens (including phenoxy) is 1. The second kappa shape index (κ2) is 10.8. The Morgan fingerprint density at radius 3 is 2.25 bits per heavy atom. The fourth-order valence-corrected chi connectivity index (χ4v) is 2.20. The van der Waals surface area contributed by atoms with Crippen LogP contribution in [0.5, 0.6) is 0 Å².